The number of nitrogens with one attached hydrogen (secondary N) is 1. The van der Waals surface area contributed by atoms with E-state index in [-0.39, 0.29) is 11.9 Å². The van der Waals surface area contributed by atoms with Gasteiger partial charge in [0.2, 0.25) is 5.91 Å². The number of para-hydroxylation sites is 1. The van der Waals surface area contributed by atoms with Gasteiger partial charge in [0.25, 0.3) is 0 Å². The standard InChI is InChI=1S/C19H22N2O3/c1-14(15-8-9-17-18(12-15)24-11-10-23-17)20-19(22)13-21(2)16-6-4-3-5-7-16/h3-9,12,14H,10-11,13H2,1-2H3,(H,20,22)/t14-/m1/s1. The van der Waals surface area contributed by atoms with Crippen molar-refractivity contribution in [3.63, 3.8) is 0 Å². The van der Waals surface area contributed by atoms with Gasteiger partial charge in [-0.05, 0) is 36.8 Å². The maximum atomic E-state index is 12.3. The number of carbonyl (C=O) groups is 1. The summed E-state index contributed by atoms with van der Waals surface area (Å²) in [6.45, 7) is 3.40. The first-order valence-electron chi connectivity index (χ1n) is 8.08. The molecule has 0 fully saturated rings. The van der Waals surface area contributed by atoms with E-state index in [4.69, 9.17) is 9.47 Å². The van der Waals surface area contributed by atoms with Crippen molar-refractivity contribution >= 4 is 11.6 Å². The van der Waals surface area contributed by atoms with E-state index in [9.17, 15) is 4.79 Å². The van der Waals surface area contributed by atoms with Crippen molar-refractivity contribution in [3.8, 4) is 11.5 Å². The second-order valence-corrected chi connectivity index (χ2v) is 5.88. The lowest BCUT2D eigenvalue weighted by atomic mass is 10.1. The summed E-state index contributed by atoms with van der Waals surface area (Å²) in [6, 6.07) is 15.5. The minimum Gasteiger partial charge on any atom is -0.486 e. The van der Waals surface area contributed by atoms with E-state index in [2.05, 4.69) is 5.32 Å². The molecule has 5 heteroatoms. The van der Waals surface area contributed by atoms with Gasteiger partial charge in [0.1, 0.15) is 13.2 Å². The number of fused-ring (bicyclic) bond motifs is 1. The number of amides is 1. The Labute approximate surface area is 142 Å². The van der Waals surface area contributed by atoms with Crippen molar-refractivity contribution < 1.29 is 14.3 Å². The quantitative estimate of drug-likeness (QED) is 0.918. The second kappa shape index (κ2) is 7.25. The van der Waals surface area contributed by atoms with Gasteiger partial charge >= 0.3 is 0 Å². The number of nitrogens with zero attached hydrogens (tertiary/aromatic N) is 1. The molecule has 1 N–H and O–H groups in total. The van der Waals surface area contributed by atoms with E-state index in [1.807, 2.05) is 67.4 Å². The summed E-state index contributed by atoms with van der Waals surface area (Å²) in [5.41, 5.74) is 2.01. The monoisotopic (exact) mass is 326 g/mol. The Balaban J connectivity index is 1.60. The molecule has 2 aromatic rings. The third-order valence-corrected chi connectivity index (χ3v) is 4.02. The molecule has 1 heterocycles. The first-order chi connectivity index (χ1) is 11.6. The fraction of sp³-hybridized carbons (Fsp3) is 0.316. The highest BCUT2D eigenvalue weighted by Crippen LogP contribution is 2.32. The van der Waals surface area contributed by atoms with E-state index < -0.39 is 0 Å². The average molecular weight is 326 g/mol. The Kier molecular flexibility index (Phi) is 4.89. The number of hydrogen-bond acceptors (Lipinski definition) is 4. The largest absolute Gasteiger partial charge is 0.486 e. The van der Waals surface area contributed by atoms with Crippen LogP contribution >= 0.6 is 0 Å². The first kappa shape index (κ1) is 16.2. The van der Waals surface area contributed by atoms with Crippen molar-refractivity contribution in [3.05, 3.63) is 54.1 Å². The molecular formula is C19H22N2O3. The predicted molar refractivity (Wildman–Crippen MR) is 93.7 cm³/mol. The summed E-state index contributed by atoms with van der Waals surface area (Å²) in [7, 11) is 1.91. The summed E-state index contributed by atoms with van der Waals surface area (Å²) >= 11 is 0. The maximum absolute atomic E-state index is 12.3. The molecule has 3 rings (SSSR count). The summed E-state index contributed by atoms with van der Waals surface area (Å²) in [5, 5.41) is 3.03. The van der Waals surface area contributed by atoms with E-state index >= 15 is 0 Å². The van der Waals surface area contributed by atoms with E-state index in [0.717, 1.165) is 22.7 Å². The minimum atomic E-state index is -0.0995. The van der Waals surface area contributed by atoms with Gasteiger partial charge in [0, 0.05) is 12.7 Å². The maximum Gasteiger partial charge on any atom is 0.239 e. The topological polar surface area (TPSA) is 50.8 Å². The van der Waals surface area contributed by atoms with Gasteiger partial charge < -0.3 is 19.7 Å². The van der Waals surface area contributed by atoms with Crippen molar-refractivity contribution in [2.24, 2.45) is 0 Å². The molecule has 126 valence electrons. The highest BCUT2D eigenvalue weighted by atomic mass is 16.6. The number of anilines is 1. The van der Waals surface area contributed by atoms with E-state index in [0.29, 0.717) is 19.8 Å². The zero-order chi connectivity index (χ0) is 16.9. The normalized spacial score (nSPS) is 13.9. The fourth-order valence-electron chi connectivity index (χ4n) is 2.69. The molecule has 1 aliphatic heterocycles. The van der Waals surface area contributed by atoms with Gasteiger partial charge in [-0.25, -0.2) is 0 Å². The zero-order valence-corrected chi connectivity index (χ0v) is 14.0. The summed E-state index contributed by atoms with van der Waals surface area (Å²) in [4.78, 5) is 14.2. The fourth-order valence-corrected chi connectivity index (χ4v) is 2.69. The molecule has 24 heavy (non-hydrogen) atoms. The number of ether oxygens (including phenoxy) is 2. The third kappa shape index (κ3) is 3.79. The summed E-state index contributed by atoms with van der Waals surface area (Å²) < 4.78 is 11.1. The molecule has 1 amide bonds. The Morgan fingerprint density at radius 2 is 1.83 bits per heavy atom. The molecule has 0 radical (unpaired) electrons. The summed E-state index contributed by atoms with van der Waals surface area (Å²) in [6.07, 6.45) is 0. The van der Waals surface area contributed by atoms with Crippen LogP contribution in [-0.4, -0.2) is 32.7 Å². The third-order valence-electron chi connectivity index (χ3n) is 4.02. The first-order valence-corrected chi connectivity index (χ1v) is 8.08. The predicted octanol–water partition coefficient (Wildman–Crippen LogP) is 2.77. The number of rotatable bonds is 5. The van der Waals surface area contributed by atoms with Crippen molar-refractivity contribution in [1.29, 1.82) is 0 Å². The van der Waals surface area contributed by atoms with E-state index in [1.165, 1.54) is 0 Å². The molecular weight excluding hydrogens is 304 g/mol. The lowest BCUT2D eigenvalue weighted by Gasteiger charge is -2.23. The van der Waals surface area contributed by atoms with Gasteiger partial charge in [-0.15, -0.1) is 0 Å². The molecule has 0 unspecified atom stereocenters. The number of hydrogen-bond donors (Lipinski definition) is 1. The summed E-state index contributed by atoms with van der Waals surface area (Å²) in [5.74, 6) is 1.47. The molecule has 1 aliphatic rings. The van der Waals surface area contributed by atoms with Gasteiger partial charge in [0.15, 0.2) is 11.5 Å². The highest BCUT2D eigenvalue weighted by molar-refractivity contribution is 5.81. The Morgan fingerprint density at radius 3 is 2.58 bits per heavy atom. The number of likely N-dealkylation sites (N-methyl/N-ethyl adjacent to an activating group) is 1. The Morgan fingerprint density at radius 1 is 1.12 bits per heavy atom. The van der Waals surface area contributed by atoms with Crippen LogP contribution < -0.4 is 19.7 Å². The molecule has 0 aromatic heterocycles. The van der Waals surface area contributed by atoms with Gasteiger partial charge in [-0.2, -0.15) is 0 Å². The molecule has 0 bridgehead atoms. The van der Waals surface area contributed by atoms with Crippen molar-refractivity contribution in [1.82, 2.24) is 5.32 Å². The van der Waals surface area contributed by atoms with Gasteiger partial charge in [0.05, 0.1) is 12.6 Å². The zero-order valence-electron chi connectivity index (χ0n) is 14.0. The minimum absolute atomic E-state index is 0.0243. The van der Waals surface area contributed by atoms with Crippen LogP contribution in [0.3, 0.4) is 0 Å². The van der Waals surface area contributed by atoms with Crippen LogP contribution in [0.15, 0.2) is 48.5 Å². The number of benzene rings is 2. The second-order valence-electron chi connectivity index (χ2n) is 5.88. The van der Waals surface area contributed by atoms with Gasteiger partial charge in [-0.3, -0.25) is 4.79 Å². The lowest BCUT2D eigenvalue weighted by Crippen LogP contribution is -2.36. The van der Waals surface area contributed by atoms with Crippen LogP contribution in [-0.2, 0) is 4.79 Å². The Bertz CT molecular complexity index is 703. The SMILES string of the molecule is C[C@@H](NC(=O)CN(C)c1ccccc1)c1ccc2c(c1)OCCO2. The lowest BCUT2D eigenvalue weighted by molar-refractivity contribution is -0.120. The van der Waals surface area contributed by atoms with Crippen LogP contribution in [0.25, 0.3) is 0 Å². The number of carbonyl (C=O) groups excluding carboxylic acids is 1. The van der Waals surface area contributed by atoms with Crippen LogP contribution in [0.5, 0.6) is 11.5 Å². The molecule has 0 saturated heterocycles. The van der Waals surface area contributed by atoms with Crippen molar-refractivity contribution in [2.75, 3.05) is 31.7 Å². The molecule has 5 nitrogen and oxygen atoms in total. The highest BCUT2D eigenvalue weighted by Gasteiger charge is 2.16. The van der Waals surface area contributed by atoms with E-state index in [1.54, 1.807) is 0 Å². The Hall–Kier alpha value is -2.69. The molecule has 0 spiro atoms. The smallest absolute Gasteiger partial charge is 0.239 e. The molecule has 0 aliphatic carbocycles. The van der Waals surface area contributed by atoms with Crippen molar-refractivity contribution in [2.45, 2.75) is 13.0 Å². The molecule has 0 saturated carbocycles. The van der Waals surface area contributed by atoms with Gasteiger partial charge in [-0.1, -0.05) is 24.3 Å². The average Bonchev–Trinajstić information content (AvgIpc) is 2.61. The molecule has 2 aromatic carbocycles. The molecule has 1 atom stereocenters. The van der Waals surface area contributed by atoms with Crippen LogP contribution in [0.4, 0.5) is 5.69 Å². The van der Waals surface area contributed by atoms with Crippen LogP contribution in [0.1, 0.15) is 18.5 Å². The van der Waals surface area contributed by atoms with Crippen LogP contribution in [0, 0.1) is 0 Å². The van der Waals surface area contributed by atoms with Crippen LogP contribution in [0.2, 0.25) is 0 Å².